The molecular formula is C40H83NO10. The molecule has 0 aliphatic carbocycles. The quantitative estimate of drug-likeness (QED) is 0.0571. The highest BCUT2D eigenvalue weighted by Gasteiger charge is 2.28. The number of rotatable bonds is 22. The second kappa shape index (κ2) is 32.4. The minimum absolute atomic E-state index is 0. The topological polar surface area (TPSA) is 142 Å². The molecule has 1 N–H and O–H groups in total. The van der Waals surface area contributed by atoms with Gasteiger partial charge in [0, 0.05) is 18.0 Å². The van der Waals surface area contributed by atoms with Gasteiger partial charge in [0.2, 0.25) is 0 Å². The summed E-state index contributed by atoms with van der Waals surface area (Å²) in [6.07, 6.45) is 6.71. The van der Waals surface area contributed by atoms with E-state index < -0.39 is 16.8 Å². The molecule has 0 bridgehead atoms. The van der Waals surface area contributed by atoms with Crippen LogP contribution in [0, 0.1) is 21.7 Å². The first-order chi connectivity index (χ1) is 23.0. The van der Waals surface area contributed by atoms with Crippen molar-refractivity contribution >= 4 is 23.9 Å². The van der Waals surface area contributed by atoms with Gasteiger partial charge >= 0.3 is 17.9 Å². The van der Waals surface area contributed by atoms with E-state index >= 15 is 0 Å². The van der Waals surface area contributed by atoms with Crippen LogP contribution in [-0.2, 0) is 42.9 Å². The van der Waals surface area contributed by atoms with Gasteiger partial charge in [0.15, 0.2) is 6.79 Å². The van der Waals surface area contributed by atoms with Gasteiger partial charge in [0.25, 0.3) is 0 Å². The SMILES string of the molecule is C.CCC(C)(C)C(=O)OCC[NH+](C)C.CCCC(C)(CC)C(=O)[O-].CCCCOC(=O)C(C)(C)CC.CCOCCOCOC(=O)C(C)(C)CC. The van der Waals surface area contributed by atoms with Crippen molar-refractivity contribution in [2.24, 2.45) is 21.7 Å². The smallest absolute Gasteiger partial charge is 0.313 e. The average molecular weight is 738 g/mol. The zero-order valence-electron chi connectivity index (χ0n) is 35.2. The number of ether oxygens (including phenoxy) is 5. The van der Waals surface area contributed by atoms with Crippen molar-refractivity contribution in [1.82, 2.24) is 0 Å². The molecule has 0 amide bonds. The number of unbranched alkanes of at least 4 members (excludes halogenated alkanes) is 1. The van der Waals surface area contributed by atoms with E-state index in [1.807, 2.05) is 97.2 Å². The molecule has 0 heterocycles. The van der Waals surface area contributed by atoms with Gasteiger partial charge in [-0.2, -0.15) is 0 Å². The molecule has 0 aromatic rings. The molecule has 51 heavy (non-hydrogen) atoms. The van der Waals surface area contributed by atoms with Gasteiger partial charge in [0.05, 0.1) is 50.2 Å². The number of hydrogen-bond acceptors (Lipinski definition) is 10. The number of carboxylic acid groups (broad SMARTS) is 1. The lowest BCUT2D eigenvalue weighted by Gasteiger charge is -2.28. The molecule has 0 spiro atoms. The van der Waals surface area contributed by atoms with E-state index in [1.165, 1.54) is 4.90 Å². The zero-order valence-corrected chi connectivity index (χ0v) is 35.2. The fraction of sp³-hybridized carbons (Fsp3) is 0.900. The van der Waals surface area contributed by atoms with Crippen LogP contribution in [-0.4, -0.2) is 84.3 Å². The molecule has 0 aliphatic heterocycles. The molecule has 0 fully saturated rings. The summed E-state index contributed by atoms with van der Waals surface area (Å²) >= 11 is 0. The number of nitrogens with one attached hydrogen (secondary N) is 1. The van der Waals surface area contributed by atoms with Crippen molar-refractivity contribution in [3.8, 4) is 0 Å². The van der Waals surface area contributed by atoms with E-state index in [0.29, 0.717) is 45.9 Å². The molecule has 11 nitrogen and oxygen atoms in total. The first-order valence-corrected chi connectivity index (χ1v) is 18.7. The van der Waals surface area contributed by atoms with Crippen molar-refractivity contribution < 1.29 is 52.9 Å². The highest BCUT2D eigenvalue weighted by molar-refractivity contribution is 5.76. The Balaban J connectivity index is -0.000000185. The van der Waals surface area contributed by atoms with Crippen LogP contribution in [0.4, 0.5) is 0 Å². The number of quaternary nitrogens is 1. The Hall–Kier alpha value is -2.24. The maximum atomic E-state index is 11.5. The second-order valence-corrected chi connectivity index (χ2v) is 14.9. The first-order valence-electron chi connectivity index (χ1n) is 18.7. The van der Waals surface area contributed by atoms with Gasteiger partial charge in [-0.25, -0.2) is 0 Å². The van der Waals surface area contributed by atoms with E-state index in [1.54, 1.807) is 6.92 Å². The van der Waals surface area contributed by atoms with Gasteiger partial charge in [-0.3, -0.25) is 14.4 Å². The highest BCUT2D eigenvalue weighted by Crippen LogP contribution is 2.26. The summed E-state index contributed by atoms with van der Waals surface area (Å²) in [5, 5.41) is 10.5. The number of aliphatic carboxylic acids is 1. The molecule has 0 aliphatic rings. The summed E-state index contributed by atoms with van der Waals surface area (Å²) in [5.41, 5.74) is -1.67. The number of likely N-dealkylation sites (N-methyl/N-ethyl adjacent to an activating group) is 1. The molecule has 0 radical (unpaired) electrons. The summed E-state index contributed by atoms with van der Waals surface area (Å²) in [6.45, 7) is 30.6. The lowest BCUT2D eigenvalue weighted by molar-refractivity contribution is -0.858. The van der Waals surface area contributed by atoms with Gasteiger partial charge in [0.1, 0.15) is 13.2 Å². The fourth-order valence-electron chi connectivity index (χ4n) is 3.07. The molecule has 1 unspecified atom stereocenters. The summed E-state index contributed by atoms with van der Waals surface area (Å²) in [6, 6.07) is 0. The summed E-state index contributed by atoms with van der Waals surface area (Å²) in [5.74, 6) is -1.30. The normalized spacial score (nSPS) is 12.3. The van der Waals surface area contributed by atoms with Crippen molar-refractivity contribution in [2.45, 2.75) is 156 Å². The second-order valence-electron chi connectivity index (χ2n) is 14.9. The Kier molecular flexibility index (Phi) is 36.9. The van der Waals surface area contributed by atoms with E-state index in [4.69, 9.17) is 23.7 Å². The molecular weight excluding hydrogens is 654 g/mol. The third-order valence-corrected chi connectivity index (χ3v) is 8.80. The standard InChI is InChI=1S/C11H22O4.C10H21NO2.C10H20O2.C8H16O2.CH4/c1-5-11(3,4)10(12)15-9-14-8-7-13-6-2;1-6-10(2,3)9(12)13-8-7-11(4)5;1-5-7-8-12-9(11)10(3,4)6-2;1-4-6-8(3,5-2)7(9)10;/h5-9H2,1-4H3;6-8H2,1-5H3;5-8H2,1-4H3;4-6H2,1-3H3,(H,9,10);1H4. The molecule has 0 aromatic heterocycles. The molecule has 0 rings (SSSR count). The van der Waals surface area contributed by atoms with Crippen molar-refractivity contribution in [3.05, 3.63) is 0 Å². The lowest BCUT2D eigenvalue weighted by atomic mass is 9.83. The monoisotopic (exact) mass is 738 g/mol. The third-order valence-electron chi connectivity index (χ3n) is 8.80. The van der Waals surface area contributed by atoms with E-state index in [2.05, 4.69) is 6.92 Å². The molecule has 1 atom stereocenters. The summed E-state index contributed by atoms with van der Waals surface area (Å²) < 4.78 is 25.4. The number of carboxylic acids is 1. The molecule has 308 valence electrons. The van der Waals surface area contributed by atoms with Crippen molar-refractivity contribution in [3.63, 3.8) is 0 Å². The summed E-state index contributed by atoms with van der Waals surface area (Å²) in [7, 11) is 4.08. The predicted molar refractivity (Wildman–Crippen MR) is 205 cm³/mol. The Morgan fingerprint density at radius 2 is 0.980 bits per heavy atom. The largest absolute Gasteiger partial charge is 0.550 e. The zero-order chi connectivity index (χ0) is 40.0. The van der Waals surface area contributed by atoms with Crippen LogP contribution in [0.3, 0.4) is 0 Å². The molecule has 0 saturated heterocycles. The van der Waals surface area contributed by atoms with Gasteiger partial charge in [-0.1, -0.05) is 68.7 Å². The van der Waals surface area contributed by atoms with E-state index in [-0.39, 0.29) is 43.0 Å². The van der Waals surface area contributed by atoms with Crippen molar-refractivity contribution in [1.29, 1.82) is 0 Å². The maximum absolute atomic E-state index is 11.5. The van der Waals surface area contributed by atoms with E-state index in [9.17, 15) is 24.3 Å². The van der Waals surface area contributed by atoms with Crippen LogP contribution in [0.25, 0.3) is 0 Å². The average Bonchev–Trinajstić information content (AvgIpc) is 3.06. The summed E-state index contributed by atoms with van der Waals surface area (Å²) in [4.78, 5) is 46.1. The van der Waals surface area contributed by atoms with Crippen LogP contribution >= 0.6 is 0 Å². The third kappa shape index (κ3) is 31.0. The molecule has 0 saturated carbocycles. The predicted octanol–water partition coefficient (Wildman–Crippen LogP) is 6.44. The number of hydrogen-bond donors (Lipinski definition) is 1. The number of carbonyl (C=O) groups excluding carboxylic acids is 4. The molecule has 0 aromatic carbocycles. The Bertz CT molecular complexity index is 886. The first kappa shape index (κ1) is 58.1. The van der Waals surface area contributed by atoms with Crippen LogP contribution in [0.1, 0.15) is 156 Å². The van der Waals surface area contributed by atoms with Crippen LogP contribution in [0.2, 0.25) is 0 Å². The van der Waals surface area contributed by atoms with Gasteiger partial charge in [-0.15, -0.1) is 0 Å². The van der Waals surface area contributed by atoms with Crippen LogP contribution in [0.15, 0.2) is 0 Å². The molecule has 11 heteroatoms. The fourth-order valence-corrected chi connectivity index (χ4v) is 3.07. The van der Waals surface area contributed by atoms with Gasteiger partial charge < -0.3 is 38.5 Å². The minimum Gasteiger partial charge on any atom is -0.550 e. The number of carbonyl (C=O) groups is 4. The van der Waals surface area contributed by atoms with Crippen LogP contribution in [0.5, 0.6) is 0 Å². The number of esters is 3. The lowest BCUT2D eigenvalue weighted by Crippen LogP contribution is -3.06. The van der Waals surface area contributed by atoms with Crippen LogP contribution < -0.4 is 10.0 Å². The Labute approximate surface area is 314 Å². The van der Waals surface area contributed by atoms with E-state index in [0.717, 1.165) is 45.1 Å². The Morgan fingerprint density at radius 1 is 0.569 bits per heavy atom. The minimum atomic E-state index is -0.920. The van der Waals surface area contributed by atoms with Gasteiger partial charge in [-0.05, 0) is 87.0 Å². The Morgan fingerprint density at radius 3 is 1.29 bits per heavy atom. The van der Waals surface area contributed by atoms with Crippen molar-refractivity contribution in [2.75, 3.05) is 60.5 Å². The maximum Gasteiger partial charge on any atom is 0.313 e. The highest BCUT2D eigenvalue weighted by atomic mass is 16.7.